The highest BCUT2D eigenvalue weighted by Gasteiger charge is 2.03. The number of ether oxygens (including phenoxy) is 1. The third kappa shape index (κ3) is 3.00. The molecule has 0 radical (unpaired) electrons. The van der Waals surface area contributed by atoms with Crippen LogP contribution in [0.2, 0.25) is 0 Å². The Morgan fingerprint density at radius 3 is 2.50 bits per heavy atom. The fourth-order valence-corrected chi connectivity index (χ4v) is 1.18. The minimum atomic E-state index is -0.487. The van der Waals surface area contributed by atoms with Crippen molar-refractivity contribution in [2.45, 2.75) is 19.4 Å². The molecule has 0 aliphatic carbocycles. The summed E-state index contributed by atoms with van der Waals surface area (Å²) in [5.41, 5.74) is 0.861. The Labute approximate surface area is 83.3 Å². The maximum atomic E-state index is 11.8. The van der Waals surface area contributed by atoms with Gasteiger partial charge in [-0.3, -0.25) is 0 Å². The van der Waals surface area contributed by atoms with E-state index in [1.165, 1.54) is 0 Å². The minimum absolute atomic E-state index is 0.0790. The van der Waals surface area contributed by atoms with Crippen molar-refractivity contribution in [3.05, 3.63) is 29.8 Å². The zero-order chi connectivity index (χ0) is 10.4. The van der Waals surface area contributed by atoms with Gasteiger partial charge in [-0.1, -0.05) is 19.1 Å². The summed E-state index contributed by atoms with van der Waals surface area (Å²) in [6, 6.07) is 7.07. The Kier molecular flexibility index (Phi) is 4.40. The topological polar surface area (TPSA) is 29.5 Å². The van der Waals surface area contributed by atoms with Crippen molar-refractivity contribution in [3.63, 3.8) is 0 Å². The number of alkyl halides is 1. The molecular formula is C11H15FO2. The Balaban J connectivity index is 2.59. The molecule has 3 heteroatoms. The second kappa shape index (κ2) is 5.60. The zero-order valence-corrected chi connectivity index (χ0v) is 8.24. The van der Waals surface area contributed by atoms with Crippen LogP contribution in [-0.4, -0.2) is 18.4 Å². The summed E-state index contributed by atoms with van der Waals surface area (Å²) in [5.74, 6) is 0.634. The molecule has 1 atom stereocenters. The predicted octanol–water partition coefficient (Wildman–Crippen LogP) is 2.48. The van der Waals surface area contributed by atoms with Crippen molar-refractivity contribution >= 4 is 0 Å². The lowest BCUT2D eigenvalue weighted by molar-refractivity contribution is 0.173. The maximum Gasteiger partial charge on any atom is 0.123 e. The van der Waals surface area contributed by atoms with Crippen molar-refractivity contribution in [2.75, 3.05) is 13.3 Å². The number of aliphatic hydroxyl groups excluding tert-OH is 1. The molecule has 0 amide bonds. The lowest BCUT2D eigenvalue weighted by Crippen LogP contribution is -1.99. The van der Waals surface area contributed by atoms with Crippen LogP contribution in [0.15, 0.2) is 24.3 Å². The lowest BCUT2D eigenvalue weighted by Gasteiger charge is -2.09. The predicted molar refractivity (Wildman–Crippen MR) is 53.2 cm³/mol. The van der Waals surface area contributed by atoms with Gasteiger partial charge in [0.25, 0.3) is 0 Å². The van der Waals surface area contributed by atoms with Crippen molar-refractivity contribution in [1.29, 1.82) is 0 Å². The SMILES string of the molecule is CC[C@@H](O)c1ccc(OCCF)cc1. The van der Waals surface area contributed by atoms with Crippen molar-refractivity contribution in [3.8, 4) is 5.75 Å². The van der Waals surface area contributed by atoms with E-state index in [1.807, 2.05) is 6.92 Å². The molecule has 0 unspecified atom stereocenters. The molecule has 0 bridgehead atoms. The fraction of sp³-hybridized carbons (Fsp3) is 0.455. The van der Waals surface area contributed by atoms with Crippen LogP contribution in [0.5, 0.6) is 5.75 Å². The maximum absolute atomic E-state index is 11.8. The molecule has 14 heavy (non-hydrogen) atoms. The molecule has 1 N–H and O–H groups in total. The van der Waals surface area contributed by atoms with E-state index in [0.29, 0.717) is 12.2 Å². The van der Waals surface area contributed by atoms with E-state index in [2.05, 4.69) is 0 Å². The first kappa shape index (κ1) is 11.0. The highest BCUT2D eigenvalue weighted by Crippen LogP contribution is 2.19. The molecule has 78 valence electrons. The van der Waals surface area contributed by atoms with Gasteiger partial charge in [0.15, 0.2) is 0 Å². The molecular weight excluding hydrogens is 183 g/mol. The van der Waals surface area contributed by atoms with Crippen LogP contribution < -0.4 is 4.74 Å². The van der Waals surface area contributed by atoms with Crippen molar-refractivity contribution in [2.24, 2.45) is 0 Å². The zero-order valence-electron chi connectivity index (χ0n) is 8.24. The first-order valence-electron chi connectivity index (χ1n) is 4.74. The van der Waals surface area contributed by atoms with E-state index >= 15 is 0 Å². The van der Waals surface area contributed by atoms with Crippen LogP contribution in [0.4, 0.5) is 4.39 Å². The molecule has 0 saturated carbocycles. The van der Waals surface area contributed by atoms with Crippen LogP contribution in [0, 0.1) is 0 Å². The second-order valence-corrected chi connectivity index (χ2v) is 3.03. The van der Waals surface area contributed by atoms with Gasteiger partial charge in [-0.25, -0.2) is 4.39 Å². The van der Waals surface area contributed by atoms with Crippen molar-refractivity contribution in [1.82, 2.24) is 0 Å². The van der Waals surface area contributed by atoms with E-state index in [1.54, 1.807) is 24.3 Å². The van der Waals surface area contributed by atoms with Gasteiger partial charge in [-0.2, -0.15) is 0 Å². The molecule has 0 aliphatic heterocycles. The first-order valence-corrected chi connectivity index (χ1v) is 4.74. The van der Waals surface area contributed by atoms with Crippen LogP contribution in [0.3, 0.4) is 0 Å². The molecule has 0 heterocycles. The Morgan fingerprint density at radius 2 is 2.00 bits per heavy atom. The van der Waals surface area contributed by atoms with Gasteiger partial charge in [0.1, 0.15) is 19.0 Å². The minimum Gasteiger partial charge on any atom is -0.491 e. The largest absolute Gasteiger partial charge is 0.491 e. The summed E-state index contributed by atoms with van der Waals surface area (Å²) in [6.07, 6.45) is 0.259. The average molecular weight is 198 g/mol. The summed E-state index contributed by atoms with van der Waals surface area (Å²) in [5, 5.41) is 9.50. The van der Waals surface area contributed by atoms with Crippen LogP contribution >= 0.6 is 0 Å². The highest BCUT2D eigenvalue weighted by atomic mass is 19.1. The van der Waals surface area contributed by atoms with Gasteiger partial charge < -0.3 is 9.84 Å². The Bertz CT molecular complexity index is 258. The number of hydrogen-bond acceptors (Lipinski definition) is 2. The molecule has 0 fully saturated rings. The smallest absolute Gasteiger partial charge is 0.123 e. The molecule has 1 aromatic carbocycles. The third-order valence-electron chi connectivity index (χ3n) is 2.00. The van der Waals surface area contributed by atoms with E-state index in [4.69, 9.17) is 4.74 Å². The molecule has 1 aromatic rings. The number of aliphatic hydroxyl groups is 1. The third-order valence-corrected chi connectivity index (χ3v) is 2.00. The van der Waals surface area contributed by atoms with E-state index < -0.39 is 12.8 Å². The standard InChI is InChI=1S/C11H15FO2/c1-2-11(13)9-3-5-10(6-4-9)14-8-7-12/h3-6,11,13H,2,7-8H2,1H3/t11-/m1/s1. The van der Waals surface area contributed by atoms with Gasteiger partial charge in [-0.05, 0) is 24.1 Å². The molecule has 0 saturated heterocycles. The molecule has 0 aromatic heterocycles. The molecule has 2 nitrogen and oxygen atoms in total. The number of benzene rings is 1. The Morgan fingerprint density at radius 1 is 1.36 bits per heavy atom. The summed E-state index contributed by atoms with van der Waals surface area (Å²) in [6.45, 7) is 1.51. The van der Waals surface area contributed by atoms with Crippen LogP contribution in [-0.2, 0) is 0 Å². The molecule has 1 rings (SSSR count). The van der Waals surface area contributed by atoms with E-state index in [9.17, 15) is 9.50 Å². The fourth-order valence-electron chi connectivity index (χ4n) is 1.18. The quantitative estimate of drug-likeness (QED) is 0.787. The average Bonchev–Trinajstić information content (AvgIpc) is 2.26. The molecule has 0 spiro atoms. The lowest BCUT2D eigenvalue weighted by atomic mass is 10.1. The van der Waals surface area contributed by atoms with Gasteiger partial charge in [0, 0.05) is 0 Å². The number of hydrogen-bond donors (Lipinski definition) is 1. The van der Waals surface area contributed by atoms with Crippen LogP contribution in [0.25, 0.3) is 0 Å². The monoisotopic (exact) mass is 198 g/mol. The van der Waals surface area contributed by atoms with E-state index in [-0.39, 0.29) is 6.61 Å². The summed E-state index contributed by atoms with van der Waals surface area (Å²) >= 11 is 0. The second-order valence-electron chi connectivity index (χ2n) is 3.03. The highest BCUT2D eigenvalue weighted by molar-refractivity contribution is 5.28. The Hall–Kier alpha value is -1.09. The van der Waals surface area contributed by atoms with Gasteiger partial charge >= 0.3 is 0 Å². The van der Waals surface area contributed by atoms with Gasteiger partial charge in [0.05, 0.1) is 6.10 Å². The summed E-state index contributed by atoms with van der Waals surface area (Å²) in [4.78, 5) is 0. The summed E-state index contributed by atoms with van der Waals surface area (Å²) in [7, 11) is 0. The van der Waals surface area contributed by atoms with Crippen molar-refractivity contribution < 1.29 is 14.2 Å². The summed E-state index contributed by atoms with van der Waals surface area (Å²) < 4.78 is 16.8. The molecule has 0 aliphatic rings. The van der Waals surface area contributed by atoms with E-state index in [0.717, 1.165) is 5.56 Å². The van der Waals surface area contributed by atoms with Crippen LogP contribution in [0.1, 0.15) is 25.0 Å². The first-order chi connectivity index (χ1) is 6.77. The number of halogens is 1. The van der Waals surface area contributed by atoms with Gasteiger partial charge in [0.2, 0.25) is 0 Å². The number of rotatable bonds is 5. The normalized spacial score (nSPS) is 12.5. The van der Waals surface area contributed by atoms with Gasteiger partial charge in [-0.15, -0.1) is 0 Å².